The van der Waals surface area contributed by atoms with E-state index in [1.165, 1.54) is 29.2 Å². The minimum atomic E-state index is -1.01. The van der Waals surface area contributed by atoms with Crippen LogP contribution in [0.25, 0.3) is 0 Å². The highest BCUT2D eigenvalue weighted by Gasteiger charge is 2.65. The number of hydrogen-bond donors (Lipinski definition) is 0. The molecule has 5 rings (SSSR count). The number of carbonyl (C=O) groups is 3. The number of ketones is 2. The predicted molar refractivity (Wildman–Crippen MR) is 136 cm³/mol. The van der Waals surface area contributed by atoms with Gasteiger partial charge in [-0.1, -0.05) is 24.6 Å². The van der Waals surface area contributed by atoms with Crippen LogP contribution in [0.15, 0.2) is 47.1 Å². The molecule has 0 N–H and O–H groups in total. The number of allylic oxidation sites excluding steroid dienone is 4. The molecule has 186 valence electrons. The summed E-state index contributed by atoms with van der Waals surface area (Å²) in [6, 6.07) is 8.63. The maximum absolute atomic E-state index is 13.0. The van der Waals surface area contributed by atoms with Crippen molar-refractivity contribution in [1.82, 2.24) is 0 Å². The maximum Gasteiger partial charge on any atom is 0.303 e. The Bertz CT molecular complexity index is 1140. The molecule has 2 saturated carbocycles. The van der Waals surface area contributed by atoms with Gasteiger partial charge >= 0.3 is 5.97 Å². The summed E-state index contributed by atoms with van der Waals surface area (Å²) in [6.07, 6.45) is 7.53. The molecule has 0 saturated heterocycles. The third kappa shape index (κ3) is 3.61. The number of Topliss-reactive ketones (excluding diaryl/α,β-unsaturated/α-hetero) is 1. The fourth-order valence-corrected chi connectivity index (χ4v) is 7.99. The van der Waals surface area contributed by atoms with Crippen molar-refractivity contribution in [2.75, 3.05) is 19.0 Å². The number of fused-ring (bicyclic) bond motifs is 4. The van der Waals surface area contributed by atoms with Crippen LogP contribution in [-0.4, -0.2) is 37.2 Å². The molecule has 0 spiro atoms. The number of carbonyl (C=O) groups excluding carboxylic acids is 3. The molecule has 0 bridgehead atoms. The van der Waals surface area contributed by atoms with Crippen molar-refractivity contribution in [1.29, 1.82) is 0 Å². The molecule has 1 aromatic rings. The van der Waals surface area contributed by atoms with E-state index >= 15 is 0 Å². The number of benzene rings is 1. The zero-order valence-electron chi connectivity index (χ0n) is 21.6. The quantitative estimate of drug-likeness (QED) is 0.535. The first-order valence-electron chi connectivity index (χ1n) is 13.0. The van der Waals surface area contributed by atoms with E-state index in [0.29, 0.717) is 24.7 Å². The molecule has 5 heteroatoms. The molecule has 35 heavy (non-hydrogen) atoms. The van der Waals surface area contributed by atoms with Gasteiger partial charge in [0.15, 0.2) is 17.2 Å². The molecule has 0 radical (unpaired) electrons. The highest BCUT2D eigenvalue weighted by molar-refractivity contribution is 5.94. The summed E-state index contributed by atoms with van der Waals surface area (Å²) in [7, 11) is 4.07. The SMILES string of the molecule is CC(=O)O[C@]1(C(C)=O)CC[C@H]2[C@@H]3CCC4=CC(=O)C[C@@H](c5ccc(N(C)C)cc5)C4=C3CC[C@@]21C. The van der Waals surface area contributed by atoms with Crippen LogP contribution < -0.4 is 4.90 Å². The van der Waals surface area contributed by atoms with E-state index in [1.807, 2.05) is 20.2 Å². The Hall–Kier alpha value is -2.69. The van der Waals surface area contributed by atoms with E-state index in [9.17, 15) is 14.4 Å². The summed E-state index contributed by atoms with van der Waals surface area (Å²) in [5.41, 5.74) is 5.07. The smallest absolute Gasteiger partial charge is 0.303 e. The van der Waals surface area contributed by atoms with Gasteiger partial charge < -0.3 is 9.64 Å². The summed E-state index contributed by atoms with van der Waals surface area (Å²) in [5, 5.41) is 0. The monoisotopic (exact) mass is 475 g/mol. The molecule has 2 fully saturated rings. The largest absolute Gasteiger partial charge is 0.451 e. The third-order valence-electron chi connectivity index (χ3n) is 9.60. The van der Waals surface area contributed by atoms with Crippen molar-refractivity contribution in [3.8, 4) is 0 Å². The highest BCUT2D eigenvalue weighted by Crippen LogP contribution is 2.65. The van der Waals surface area contributed by atoms with Crippen molar-refractivity contribution in [3.05, 3.63) is 52.6 Å². The van der Waals surface area contributed by atoms with Crippen LogP contribution in [0.5, 0.6) is 0 Å². The van der Waals surface area contributed by atoms with Gasteiger partial charge in [-0.25, -0.2) is 0 Å². The molecule has 0 unspecified atom stereocenters. The van der Waals surface area contributed by atoms with Crippen LogP contribution in [0.3, 0.4) is 0 Å². The Morgan fingerprint density at radius 3 is 2.37 bits per heavy atom. The molecule has 0 heterocycles. The average molecular weight is 476 g/mol. The van der Waals surface area contributed by atoms with Crippen molar-refractivity contribution >= 4 is 23.2 Å². The average Bonchev–Trinajstić information content (AvgIpc) is 3.11. The van der Waals surface area contributed by atoms with Gasteiger partial charge in [0.2, 0.25) is 0 Å². The van der Waals surface area contributed by atoms with Crippen LogP contribution in [0.4, 0.5) is 5.69 Å². The van der Waals surface area contributed by atoms with Gasteiger partial charge in [0.05, 0.1) is 0 Å². The number of nitrogens with zero attached hydrogens (tertiary/aromatic N) is 1. The highest BCUT2D eigenvalue weighted by atomic mass is 16.6. The lowest BCUT2D eigenvalue weighted by atomic mass is 9.53. The minimum Gasteiger partial charge on any atom is -0.451 e. The Kier molecular flexibility index (Phi) is 5.81. The summed E-state index contributed by atoms with van der Waals surface area (Å²) in [5.74, 6) is 0.594. The first-order chi connectivity index (χ1) is 16.6. The Morgan fingerprint density at radius 1 is 1.03 bits per heavy atom. The second-order valence-corrected chi connectivity index (χ2v) is 11.5. The van der Waals surface area contributed by atoms with Gasteiger partial charge in [-0.3, -0.25) is 14.4 Å². The molecule has 1 aromatic carbocycles. The first-order valence-corrected chi connectivity index (χ1v) is 13.0. The molecule has 0 aromatic heterocycles. The summed E-state index contributed by atoms with van der Waals surface area (Å²) < 4.78 is 5.89. The van der Waals surface area contributed by atoms with Gasteiger partial charge in [0.25, 0.3) is 0 Å². The third-order valence-corrected chi connectivity index (χ3v) is 9.60. The molecule has 4 aliphatic rings. The first kappa shape index (κ1) is 24.0. The lowest BCUT2D eigenvalue weighted by Gasteiger charge is -2.52. The topological polar surface area (TPSA) is 63.7 Å². The van der Waals surface area contributed by atoms with Crippen LogP contribution >= 0.6 is 0 Å². The van der Waals surface area contributed by atoms with Crippen molar-refractivity contribution < 1.29 is 19.1 Å². The molecular formula is C30H37NO4. The number of anilines is 1. The standard InChI is InChI=1S/C30H37NO4/c1-18(32)30(35-19(2)33)15-13-27-24-11-8-21-16-23(34)17-26(20-6-9-22(10-7-20)31(4)5)28(21)25(24)12-14-29(27,30)3/h6-7,9-10,16,24,26-27H,8,11-15,17H2,1-5H3/t24-,26+,27+,29+,30+/m1/s1. The molecular weight excluding hydrogens is 438 g/mol. The summed E-state index contributed by atoms with van der Waals surface area (Å²) in [4.78, 5) is 39.9. The van der Waals surface area contributed by atoms with Gasteiger partial charge in [0.1, 0.15) is 0 Å². The van der Waals surface area contributed by atoms with Crippen LogP contribution in [0.2, 0.25) is 0 Å². The van der Waals surface area contributed by atoms with Gasteiger partial charge in [-0.2, -0.15) is 0 Å². The fraction of sp³-hybridized carbons (Fsp3) is 0.567. The van der Waals surface area contributed by atoms with E-state index in [2.05, 4.69) is 36.1 Å². The van der Waals surface area contributed by atoms with Gasteiger partial charge in [0, 0.05) is 44.5 Å². The van der Waals surface area contributed by atoms with Crippen LogP contribution in [-0.2, 0) is 19.1 Å². The van der Waals surface area contributed by atoms with Crippen LogP contribution in [0, 0.1) is 17.3 Å². The zero-order chi connectivity index (χ0) is 25.1. The van der Waals surface area contributed by atoms with Crippen molar-refractivity contribution in [3.63, 3.8) is 0 Å². The van der Waals surface area contributed by atoms with Gasteiger partial charge in [-0.05, 0) is 92.2 Å². The predicted octanol–water partition coefficient (Wildman–Crippen LogP) is 5.54. The van der Waals surface area contributed by atoms with Gasteiger partial charge in [-0.15, -0.1) is 0 Å². The lowest BCUT2D eigenvalue weighted by molar-refractivity contribution is -0.181. The second-order valence-electron chi connectivity index (χ2n) is 11.5. The molecule has 5 nitrogen and oxygen atoms in total. The van der Waals surface area contributed by atoms with E-state index in [4.69, 9.17) is 4.74 Å². The summed E-state index contributed by atoms with van der Waals surface area (Å²) in [6.45, 7) is 5.19. The van der Waals surface area contributed by atoms with E-state index < -0.39 is 5.60 Å². The number of hydrogen-bond acceptors (Lipinski definition) is 5. The number of rotatable bonds is 4. The van der Waals surface area contributed by atoms with E-state index in [0.717, 1.165) is 37.8 Å². The number of esters is 1. The molecule has 5 atom stereocenters. The Labute approximate surface area is 208 Å². The normalized spacial score (nSPS) is 33.9. The maximum atomic E-state index is 13.0. The van der Waals surface area contributed by atoms with E-state index in [-0.39, 0.29) is 28.9 Å². The molecule has 0 aliphatic heterocycles. The Morgan fingerprint density at radius 2 is 1.74 bits per heavy atom. The lowest BCUT2D eigenvalue weighted by Crippen LogP contribution is -2.56. The van der Waals surface area contributed by atoms with Crippen molar-refractivity contribution in [2.24, 2.45) is 17.3 Å². The number of ether oxygens (including phenoxy) is 1. The van der Waals surface area contributed by atoms with Crippen molar-refractivity contribution in [2.45, 2.75) is 77.2 Å². The fourth-order valence-electron chi connectivity index (χ4n) is 7.99. The summed E-state index contributed by atoms with van der Waals surface area (Å²) >= 11 is 0. The zero-order valence-corrected chi connectivity index (χ0v) is 21.6. The minimum absolute atomic E-state index is 0.0210. The van der Waals surface area contributed by atoms with E-state index in [1.54, 1.807) is 6.92 Å². The Balaban J connectivity index is 1.57. The second kappa shape index (κ2) is 8.46. The molecule has 0 amide bonds. The molecule has 4 aliphatic carbocycles. The van der Waals surface area contributed by atoms with Crippen LogP contribution in [0.1, 0.15) is 77.2 Å².